The minimum absolute atomic E-state index is 0.00955. The second-order valence-corrected chi connectivity index (χ2v) is 10.8. The molecule has 5 rings (SSSR count). The number of nitrogens with zero attached hydrogens (tertiary/aromatic N) is 5. The Morgan fingerprint density at radius 3 is 2.67 bits per heavy atom. The number of hydrogen-bond donors (Lipinski definition) is 1. The van der Waals surface area contributed by atoms with Crippen LogP contribution in [0.25, 0.3) is 17.0 Å². The van der Waals surface area contributed by atoms with Gasteiger partial charge in [0.2, 0.25) is 0 Å². The van der Waals surface area contributed by atoms with Crippen molar-refractivity contribution in [1.82, 2.24) is 19.6 Å². The lowest BCUT2D eigenvalue weighted by molar-refractivity contribution is -0.138. The average molecular weight is 578 g/mol. The largest absolute Gasteiger partial charge is 0.465 e. The molecule has 3 aromatic rings. The van der Waals surface area contributed by atoms with E-state index in [0.29, 0.717) is 46.9 Å². The van der Waals surface area contributed by atoms with E-state index in [4.69, 9.17) is 16.7 Å². The fourth-order valence-electron chi connectivity index (χ4n) is 4.73. The summed E-state index contributed by atoms with van der Waals surface area (Å²) >= 11 is 7.05. The van der Waals surface area contributed by atoms with Crippen molar-refractivity contribution < 1.29 is 27.9 Å². The number of thioether (sulfide) groups is 1. The molecule has 0 bridgehead atoms. The number of piperidine rings is 1. The van der Waals surface area contributed by atoms with Crippen LogP contribution in [0.5, 0.6) is 0 Å². The number of carbonyl (C=O) groups is 2. The monoisotopic (exact) mass is 577 g/mol. The molecule has 39 heavy (non-hydrogen) atoms. The first-order chi connectivity index (χ1) is 18.5. The summed E-state index contributed by atoms with van der Waals surface area (Å²) in [5, 5.41) is 14.7. The summed E-state index contributed by atoms with van der Waals surface area (Å²) in [7, 11) is 1.86. The molecule has 0 aliphatic carbocycles. The Hall–Kier alpha value is -3.51. The third kappa shape index (κ3) is 5.76. The summed E-state index contributed by atoms with van der Waals surface area (Å²) < 4.78 is 42.0. The number of hydrogen-bond acceptors (Lipinski definition) is 5. The van der Waals surface area contributed by atoms with Gasteiger partial charge < -0.3 is 14.9 Å². The number of carboxylic acid groups (broad SMARTS) is 1. The van der Waals surface area contributed by atoms with Crippen molar-refractivity contribution in [2.75, 3.05) is 20.1 Å². The van der Waals surface area contributed by atoms with Crippen LogP contribution in [0.4, 0.5) is 18.0 Å². The van der Waals surface area contributed by atoms with Crippen LogP contribution in [-0.2, 0) is 17.5 Å². The van der Waals surface area contributed by atoms with E-state index in [9.17, 15) is 22.8 Å². The topological polar surface area (TPSA) is 91.0 Å². The molecule has 0 spiro atoms. The van der Waals surface area contributed by atoms with E-state index in [2.05, 4.69) is 10.1 Å². The predicted octanol–water partition coefficient (Wildman–Crippen LogP) is 5.80. The third-order valence-electron chi connectivity index (χ3n) is 6.85. The number of halogens is 4. The van der Waals surface area contributed by atoms with Crippen molar-refractivity contribution in [3.05, 3.63) is 69.2 Å². The molecule has 1 saturated heterocycles. The van der Waals surface area contributed by atoms with Crippen LogP contribution in [0, 0.1) is 0 Å². The highest BCUT2D eigenvalue weighted by molar-refractivity contribution is 8.18. The van der Waals surface area contributed by atoms with E-state index in [1.807, 2.05) is 18.0 Å². The number of benzene rings is 2. The summed E-state index contributed by atoms with van der Waals surface area (Å²) in [6.07, 6.45) is -0.875. The molecule has 13 heteroatoms. The number of alkyl halides is 3. The number of rotatable bonds is 4. The summed E-state index contributed by atoms with van der Waals surface area (Å²) in [6, 6.07) is 9.12. The number of aromatic nitrogens is 2. The summed E-state index contributed by atoms with van der Waals surface area (Å²) in [5.41, 5.74) is 0.632. The van der Waals surface area contributed by atoms with Gasteiger partial charge in [0.25, 0.3) is 5.91 Å². The van der Waals surface area contributed by atoms with Crippen molar-refractivity contribution in [1.29, 1.82) is 0 Å². The van der Waals surface area contributed by atoms with Gasteiger partial charge in [-0.25, -0.2) is 4.79 Å². The van der Waals surface area contributed by atoms with Crippen molar-refractivity contribution in [3.63, 3.8) is 0 Å². The maximum absolute atomic E-state index is 13.5. The van der Waals surface area contributed by atoms with E-state index in [1.165, 1.54) is 33.5 Å². The molecule has 1 aromatic heterocycles. The highest BCUT2D eigenvalue weighted by atomic mass is 35.5. The lowest BCUT2D eigenvalue weighted by atomic mass is 10.0. The molecular weight excluding hydrogens is 555 g/mol. The van der Waals surface area contributed by atoms with Crippen LogP contribution >= 0.6 is 23.4 Å². The van der Waals surface area contributed by atoms with E-state index in [0.717, 1.165) is 11.6 Å². The molecule has 1 fully saturated rings. The van der Waals surface area contributed by atoms with Gasteiger partial charge in [-0.2, -0.15) is 23.3 Å². The van der Waals surface area contributed by atoms with Gasteiger partial charge in [-0.15, -0.1) is 0 Å². The first kappa shape index (κ1) is 27.1. The fraction of sp³-hybridized carbons (Fsp3) is 0.308. The molecule has 8 nitrogen and oxygen atoms in total. The van der Waals surface area contributed by atoms with Crippen LogP contribution in [0.15, 0.2) is 52.5 Å². The highest BCUT2D eigenvalue weighted by Gasteiger charge is 2.34. The zero-order chi connectivity index (χ0) is 27.9. The van der Waals surface area contributed by atoms with E-state index in [1.54, 1.807) is 24.4 Å². The van der Waals surface area contributed by atoms with Gasteiger partial charge in [0.05, 0.1) is 28.7 Å². The Labute approximate surface area is 230 Å². The SMILES string of the molecule is CN(C1=NC(=O)C(=Cc2ccc3c(cnn3Cc3ccc(Cl)cc3C(F)(F)F)c2)S1)C1CCN(C(=O)O)CC1. The van der Waals surface area contributed by atoms with Crippen molar-refractivity contribution in [2.24, 2.45) is 4.99 Å². The molecule has 0 unspecified atom stereocenters. The molecule has 0 saturated carbocycles. The molecule has 1 N–H and O–H groups in total. The second-order valence-electron chi connectivity index (χ2n) is 9.34. The minimum Gasteiger partial charge on any atom is -0.465 e. The Morgan fingerprint density at radius 1 is 1.23 bits per heavy atom. The van der Waals surface area contributed by atoms with Gasteiger partial charge in [0.15, 0.2) is 5.17 Å². The molecule has 2 aliphatic rings. The molecule has 0 radical (unpaired) electrons. The summed E-state index contributed by atoms with van der Waals surface area (Å²) in [6.45, 7) is 0.781. The Morgan fingerprint density at radius 2 is 1.97 bits per heavy atom. The van der Waals surface area contributed by atoms with E-state index >= 15 is 0 Å². The molecule has 0 atom stereocenters. The fourth-order valence-corrected chi connectivity index (χ4v) is 5.85. The first-order valence-corrected chi connectivity index (χ1v) is 13.2. The van der Waals surface area contributed by atoms with Crippen molar-refractivity contribution >= 4 is 57.5 Å². The van der Waals surface area contributed by atoms with Gasteiger partial charge in [-0.3, -0.25) is 9.48 Å². The first-order valence-electron chi connectivity index (χ1n) is 12.0. The van der Waals surface area contributed by atoms with Gasteiger partial charge in [-0.1, -0.05) is 23.7 Å². The van der Waals surface area contributed by atoms with Gasteiger partial charge in [0, 0.05) is 36.6 Å². The molecule has 2 aliphatic heterocycles. The Balaban J connectivity index is 1.30. The van der Waals surface area contributed by atoms with E-state index < -0.39 is 17.8 Å². The minimum atomic E-state index is -4.54. The number of fused-ring (bicyclic) bond motifs is 1. The molecule has 3 heterocycles. The molecule has 2 aromatic carbocycles. The molecule has 2 amide bonds. The highest BCUT2D eigenvalue weighted by Crippen LogP contribution is 2.35. The van der Waals surface area contributed by atoms with Crippen LogP contribution in [0.3, 0.4) is 0 Å². The second kappa shape index (κ2) is 10.6. The number of amides is 2. The Bertz CT molecular complexity index is 1510. The standard InChI is InChI=1S/C26H23ClF3N5O3S/c1-33(19-6-8-34(9-7-19)25(37)38)24-32-23(36)22(39-24)11-15-2-5-21-17(10-15)13-31-35(21)14-16-3-4-18(27)12-20(16)26(28,29)30/h2-5,10-13,19H,6-9,14H2,1H3,(H,37,38). The number of aliphatic imine (C=N–C) groups is 1. The third-order valence-corrected chi connectivity index (χ3v) is 8.16. The number of carbonyl (C=O) groups excluding carboxylic acids is 1. The van der Waals surface area contributed by atoms with Crippen LogP contribution in [0.2, 0.25) is 5.02 Å². The molecule has 204 valence electrons. The van der Waals surface area contributed by atoms with Gasteiger partial charge in [-0.05, 0) is 66.1 Å². The predicted molar refractivity (Wildman–Crippen MR) is 144 cm³/mol. The normalized spacial score (nSPS) is 17.8. The molecular formula is C26H23ClF3N5O3S. The van der Waals surface area contributed by atoms with Crippen LogP contribution < -0.4 is 0 Å². The van der Waals surface area contributed by atoms with E-state index in [-0.39, 0.29) is 29.1 Å². The van der Waals surface area contributed by atoms with Gasteiger partial charge in [0.1, 0.15) is 0 Å². The zero-order valence-electron chi connectivity index (χ0n) is 20.7. The lowest BCUT2D eigenvalue weighted by Crippen LogP contribution is -2.46. The lowest BCUT2D eigenvalue weighted by Gasteiger charge is -2.36. The number of likely N-dealkylation sites (tertiary alicyclic amines) is 1. The summed E-state index contributed by atoms with van der Waals surface area (Å²) in [4.78, 5) is 31.7. The van der Waals surface area contributed by atoms with Gasteiger partial charge >= 0.3 is 12.3 Å². The maximum atomic E-state index is 13.5. The maximum Gasteiger partial charge on any atom is 0.416 e. The van der Waals surface area contributed by atoms with Crippen LogP contribution in [-0.4, -0.2) is 68.0 Å². The average Bonchev–Trinajstić information content (AvgIpc) is 3.46. The van der Waals surface area contributed by atoms with Crippen molar-refractivity contribution in [2.45, 2.75) is 31.6 Å². The number of amidine groups is 1. The quantitative estimate of drug-likeness (QED) is 0.394. The summed E-state index contributed by atoms with van der Waals surface area (Å²) in [5.74, 6) is -0.358. The van der Waals surface area contributed by atoms with Crippen molar-refractivity contribution in [3.8, 4) is 0 Å². The smallest absolute Gasteiger partial charge is 0.416 e. The Kier molecular flexibility index (Phi) is 7.34. The zero-order valence-corrected chi connectivity index (χ0v) is 22.2. The van der Waals surface area contributed by atoms with Crippen LogP contribution in [0.1, 0.15) is 29.5 Å².